The SMILES string of the molecule is CC[C@@H](C)NC(=O)NC(=O)COC(=O)[C@@H](C)Oc1cccc(C)c1. The Balaban J connectivity index is 2.36. The number of amides is 3. The van der Waals surface area contributed by atoms with Crippen LogP contribution in [0.3, 0.4) is 0 Å². The molecule has 7 heteroatoms. The molecule has 7 nitrogen and oxygen atoms in total. The molecule has 3 amide bonds. The van der Waals surface area contributed by atoms with Crippen LogP contribution in [0.5, 0.6) is 5.75 Å². The largest absolute Gasteiger partial charge is 0.479 e. The summed E-state index contributed by atoms with van der Waals surface area (Å²) in [6, 6.07) is 6.56. The molecule has 0 heterocycles. The van der Waals surface area contributed by atoms with Gasteiger partial charge in [-0.2, -0.15) is 0 Å². The van der Waals surface area contributed by atoms with E-state index >= 15 is 0 Å². The highest BCUT2D eigenvalue weighted by Gasteiger charge is 2.18. The maximum Gasteiger partial charge on any atom is 0.347 e. The van der Waals surface area contributed by atoms with Crippen LogP contribution in [0.1, 0.15) is 32.8 Å². The Bertz CT molecular complexity index is 588. The van der Waals surface area contributed by atoms with E-state index in [-0.39, 0.29) is 6.04 Å². The fourth-order valence-electron chi connectivity index (χ4n) is 1.72. The van der Waals surface area contributed by atoms with Crippen LogP contribution in [0.25, 0.3) is 0 Å². The average Bonchev–Trinajstić information content (AvgIpc) is 2.52. The topological polar surface area (TPSA) is 93.7 Å². The number of carbonyl (C=O) groups is 3. The molecule has 0 bridgehead atoms. The standard InChI is InChI=1S/C17H24N2O5/c1-5-12(3)18-17(22)19-15(20)10-23-16(21)13(4)24-14-8-6-7-11(2)9-14/h6-9,12-13H,5,10H2,1-4H3,(H2,18,19,20,22)/t12-,13-/m1/s1. The van der Waals surface area contributed by atoms with Gasteiger partial charge in [-0.15, -0.1) is 0 Å². The molecule has 2 N–H and O–H groups in total. The predicted molar refractivity (Wildman–Crippen MR) is 88.7 cm³/mol. The lowest BCUT2D eigenvalue weighted by molar-refractivity contribution is -0.154. The number of nitrogens with one attached hydrogen (secondary N) is 2. The first-order valence-corrected chi connectivity index (χ1v) is 7.82. The molecule has 0 aromatic heterocycles. The van der Waals surface area contributed by atoms with E-state index in [9.17, 15) is 14.4 Å². The quantitative estimate of drug-likeness (QED) is 0.742. The molecule has 2 atom stereocenters. The summed E-state index contributed by atoms with van der Waals surface area (Å²) in [5, 5.41) is 4.66. The first kappa shape index (κ1) is 19.5. The van der Waals surface area contributed by atoms with Gasteiger partial charge >= 0.3 is 12.0 Å². The van der Waals surface area contributed by atoms with Gasteiger partial charge in [0, 0.05) is 6.04 Å². The van der Waals surface area contributed by atoms with E-state index in [1.165, 1.54) is 6.92 Å². The van der Waals surface area contributed by atoms with Crippen LogP contribution >= 0.6 is 0 Å². The van der Waals surface area contributed by atoms with Gasteiger partial charge in [0.25, 0.3) is 5.91 Å². The molecule has 1 aromatic carbocycles. The van der Waals surface area contributed by atoms with Gasteiger partial charge in [0.1, 0.15) is 5.75 Å². The number of urea groups is 1. The smallest absolute Gasteiger partial charge is 0.347 e. The third-order valence-electron chi connectivity index (χ3n) is 3.22. The Labute approximate surface area is 141 Å². The van der Waals surface area contributed by atoms with Crippen molar-refractivity contribution in [3.05, 3.63) is 29.8 Å². The van der Waals surface area contributed by atoms with Crippen molar-refractivity contribution in [2.75, 3.05) is 6.61 Å². The van der Waals surface area contributed by atoms with Gasteiger partial charge in [-0.3, -0.25) is 10.1 Å². The molecule has 0 unspecified atom stereocenters. The van der Waals surface area contributed by atoms with Gasteiger partial charge in [0.2, 0.25) is 0 Å². The number of carbonyl (C=O) groups excluding carboxylic acids is 3. The first-order valence-electron chi connectivity index (χ1n) is 7.82. The molecule has 0 radical (unpaired) electrons. The van der Waals surface area contributed by atoms with Crippen LogP contribution in [-0.4, -0.2) is 36.7 Å². The Morgan fingerprint density at radius 1 is 1.21 bits per heavy atom. The van der Waals surface area contributed by atoms with Crippen LogP contribution in [0.2, 0.25) is 0 Å². The number of rotatable bonds is 7. The summed E-state index contributed by atoms with van der Waals surface area (Å²) in [6.45, 7) is 6.61. The van der Waals surface area contributed by atoms with E-state index in [1.807, 2.05) is 32.9 Å². The van der Waals surface area contributed by atoms with E-state index < -0.39 is 30.6 Å². The normalized spacial score (nSPS) is 12.7. The molecule has 0 saturated carbocycles. The lowest BCUT2D eigenvalue weighted by Crippen LogP contribution is -2.45. The number of ether oxygens (including phenoxy) is 2. The van der Waals surface area contributed by atoms with Gasteiger partial charge in [0.15, 0.2) is 12.7 Å². The lowest BCUT2D eigenvalue weighted by Gasteiger charge is -2.15. The Kier molecular flexibility index (Phi) is 7.74. The predicted octanol–water partition coefficient (Wildman–Crippen LogP) is 1.93. The molecule has 0 aliphatic heterocycles. The lowest BCUT2D eigenvalue weighted by atomic mass is 10.2. The molecule has 1 aromatic rings. The van der Waals surface area contributed by atoms with Gasteiger partial charge in [-0.05, 0) is 44.9 Å². The average molecular weight is 336 g/mol. The van der Waals surface area contributed by atoms with Crippen molar-refractivity contribution < 1.29 is 23.9 Å². The van der Waals surface area contributed by atoms with Crippen molar-refractivity contribution in [3.8, 4) is 5.75 Å². The second-order valence-corrected chi connectivity index (χ2v) is 5.52. The van der Waals surface area contributed by atoms with Crippen LogP contribution < -0.4 is 15.4 Å². The second-order valence-electron chi connectivity index (χ2n) is 5.52. The van der Waals surface area contributed by atoms with Gasteiger partial charge in [-0.25, -0.2) is 9.59 Å². The summed E-state index contributed by atoms with van der Waals surface area (Å²) in [6.07, 6.45) is -0.127. The number of esters is 1. The number of imide groups is 1. The van der Waals surface area contributed by atoms with Crippen molar-refractivity contribution in [2.24, 2.45) is 0 Å². The second kappa shape index (κ2) is 9.54. The third-order valence-corrected chi connectivity index (χ3v) is 3.22. The molecule has 1 rings (SSSR count). The maximum absolute atomic E-state index is 11.8. The summed E-state index contributed by atoms with van der Waals surface area (Å²) < 4.78 is 10.3. The number of hydrogen-bond acceptors (Lipinski definition) is 5. The maximum atomic E-state index is 11.8. The van der Waals surface area contributed by atoms with E-state index in [2.05, 4.69) is 10.6 Å². The molecule has 0 aliphatic carbocycles. The van der Waals surface area contributed by atoms with E-state index in [0.29, 0.717) is 5.75 Å². The molecule has 0 fully saturated rings. The van der Waals surface area contributed by atoms with Crippen molar-refractivity contribution in [2.45, 2.75) is 46.3 Å². The van der Waals surface area contributed by atoms with Crippen LogP contribution in [-0.2, 0) is 14.3 Å². The summed E-state index contributed by atoms with van der Waals surface area (Å²) >= 11 is 0. The minimum atomic E-state index is -0.867. The summed E-state index contributed by atoms with van der Waals surface area (Å²) in [5.74, 6) is -0.849. The van der Waals surface area contributed by atoms with Crippen LogP contribution in [0.4, 0.5) is 4.79 Å². The minimum absolute atomic E-state index is 0.0527. The van der Waals surface area contributed by atoms with E-state index in [0.717, 1.165) is 12.0 Å². The minimum Gasteiger partial charge on any atom is -0.479 e. The molecule has 0 saturated heterocycles. The Morgan fingerprint density at radius 2 is 1.92 bits per heavy atom. The summed E-state index contributed by atoms with van der Waals surface area (Å²) in [4.78, 5) is 34.8. The highest BCUT2D eigenvalue weighted by atomic mass is 16.6. The zero-order valence-corrected chi connectivity index (χ0v) is 14.4. The highest BCUT2D eigenvalue weighted by Crippen LogP contribution is 2.14. The Hall–Kier alpha value is -2.57. The summed E-state index contributed by atoms with van der Waals surface area (Å²) in [5.41, 5.74) is 1.000. The number of aryl methyl sites for hydroxylation is 1. The van der Waals surface area contributed by atoms with E-state index in [4.69, 9.17) is 9.47 Å². The van der Waals surface area contributed by atoms with Crippen molar-refractivity contribution in [1.82, 2.24) is 10.6 Å². The molecule has 0 spiro atoms. The summed E-state index contributed by atoms with van der Waals surface area (Å²) in [7, 11) is 0. The molecular weight excluding hydrogens is 312 g/mol. The number of hydrogen-bond donors (Lipinski definition) is 2. The van der Waals surface area contributed by atoms with Gasteiger partial charge < -0.3 is 14.8 Å². The molecule has 132 valence electrons. The molecule has 0 aliphatic rings. The Morgan fingerprint density at radius 3 is 2.54 bits per heavy atom. The van der Waals surface area contributed by atoms with Crippen LogP contribution in [0, 0.1) is 6.92 Å². The van der Waals surface area contributed by atoms with Crippen LogP contribution in [0.15, 0.2) is 24.3 Å². The van der Waals surface area contributed by atoms with Gasteiger partial charge in [-0.1, -0.05) is 19.1 Å². The fourth-order valence-corrected chi connectivity index (χ4v) is 1.72. The van der Waals surface area contributed by atoms with Crippen molar-refractivity contribution in [3.63, 3.8) is 0 Å². The van der Waals surface area contributed by atoms with Crippen molar-refractivity contribution >= 4 is 17.9 Å². The third kappa shape index (κ3) is 7.13. The fraction of sp³-hybridized carbons (Fsp3) is 0.471. The number of benzene rings is 1. The molecule has 24 heavy (non-hydrogen) atoms. The first-order chi connectivity index (χ1) is 11.3. The zero-order valence-electron chi connectivity index (χ0n) is 14.4. The highest BCUT2D eigenvalue weighted by molar-refractivity contribution is 5.95. The zero-order chi connectivity index (χ0) is 18.1. The van der Waals surface area contributed by atoms with Gasteiger partial charge in [0.05, 0.1) is 0 Å². The van der Waals surface area contributed by atoms with E-state index in [1.54, 1.807) is 12.1 Å². The monoisotopic (exact) mass is 336 g/mol. The molecular formula is C17H24N2O5. The van der Waals surface area contributed by atoms with Crippen molar-refractivity contribution in [1.29, 1.82) is 0 Å².